The molecule has 0 bridgehead atoms. The minimum absolute atomic E-state index is 0.0627. The molecular weight excluding hydrogens is 220 g/mol. The molecule has 1 N–H and O–H groups in total. The van der Waals surface area contributed by atoms with Crippen LogP contribution in [0.3, 0.4) is 0 Å². The van der Waals surface area contributed by atoms with E-state index in [-0.39, 0.29) is 12.0 Å². The van der Waals surface area contributed by atoms with E-state index in [2.05, 4.69) is 6.58 Å². The van der Waals surface area contributed by atoms with Crippen LogP contribution < -0.4 is 0 Å². The number of carboxylic acid groups (broad SMARTS) is 1. The van der Waals surface area contributed by atoms with Crippen LogP contribution in [0.4, 0.5) is 0 Å². The highest BCUT2D eigenvalue weighted by atomic mass is 16.5. The van der Waals surface area contributed by atoms with Crippen molar-refractivity contribution in [3.63, 3.8) is 0 Å². The molecule has 0 saturated carbocycles. The number of hydrogen-bond acceptors (Lipinski definition) is 3. The Morgan fingerprint density at radius 2 is 1.88 bits per heavy atom. The van der Waals surface area contributed by atoms with E-state index in [0.717, 1.165) is 0 Å². The standard InChI is InChI=1S/C13H22O4/c1-6-7-8-11(16-4)9(2)12(17-5)10(3)13(14)15/h6-12H,1H2,2-5H3,(H,14,15)/b8-7+/t9-,10+,11-,12+/m0/s1. The summed E-state index contributed by atoms with van der Waals surface area (Å²) in [4.78, 5) is 11.0. The van der Waals surface area contributed by atoms with Crippen LogP contribution in [0.5, 0.6) is 0 Å². The fourth-order valence-electron chi connectivity index (χ4n) is 1.86. The first-order chi connectivity index (χ1) is 7.99. The van der Waals surface area contributed by atoms with Crippen molar-refractivity contribution in [2.75, 3.05) is 14.2 Å². The zero-order chi connectivity index (χ0) is 13.4. The molecule has 0 radical (unpaired) electrons. The van der Waals surface area contributed by atoms with Gasteiger partial charge in [-0.3, -0.25) is 4.79 Å². The fraction of sp³-hybridized carbons (Fsp3) is 0.615. The van der Waals surface area contributed by atoms with Crippen molar-refractivity contribution in [3.05, 3.63) is 24.8 Å². The van der Waals surface area contributed by atoms with E-state index in [1.54, 1.807) is 26.2 Å². The first-order valence-electron chi connectivity index (χ1n) is 5.57. The summed E-state index contributed by atoms with van der Waals surface area (Å²) in [5.41, 5.74) is 0. The third-order valence-corrected chi connectivity index (χ3v) is 2.90. The Bertz CT molecular complexity index is 273. The predicted molar refractivity (Wildman–Crippen MR) is 66.9 cm³/mol. The Labute approximate surface area is 103 Å². The molecule has 0 fully saturated rings. The van der Waals surface area contributed by atoms with Gasteiger partial charge in [-0.15, -0.1) is 0 Å². The van der Waals surface area contributed by atoms with Crippen LogP contribution in [-0.4, -0.2) is 37.5 Å². The van der Waals surface area contributed by atoms with Gasteiger partial charge in [-0.05, 0) is 6.92 Å². The summed E-state index contributed by atoms with van der Waals surface area (Å²) in [5, 5.41) is 9.01. The largest absolute Gasteiger partial charge is 0.481 e. The van der Waals surface area contributed by atoms with Crippen LogP contribution in [-0.2, 0) is 14.3 Å². The molecule has 0 aromatic carbocycles. The van der Waals surface area contributed by atoms with Crippen LogP contribution >= 0.6 is 0 Å². The minimum atomic E-state index is -0.869. The highest BCUT2D eigenvalue weighted by molar-refractivity contribution is 5.70. The lowest BCUT2D eigenvalue weighted by atomic mass is 9.89. The van der Waals surface area contributed by atoms with Crippen molar-refractivity contribution in [3.8, 4) is 0 Å². The molecule has 0 aliphatic rings. The van der Waals surface area contributed by atoms with E-state index in [1.165, 1.54) is 7.11 Å². The summed E-state index contributed by atoms with van der Waals surface area (Å²) >= 11 is 0. The van der Waals surface area contributed by atoms with Gasteiger partial charge in [-0.2, -0.15) is 0 Å². The summed E-state index contributed by atoms with van der Waals surface area (Å²) in [5.74, 6) is -1.51. The maximum absolute atomic E-state index is 11.0. The monoisotopic (exact) mass is 242 g/mol. The molecule has 0 aliphatic carbocycles. The third-order valence-electron chi connectivity index (χ3n) is 2.90. The number of methoxy groups -OCH3 is 2. The van der Waals surface area contributed by atoms with Crippen molar-refractivity contribution < 1.29 is 19.4 Å². The van der Waals surface area contributed by atoms with Crippen molar-refractivity contribution >= 4 is 5.97 Å². The maximum Gasteiger partial charge on any atom is 0.308 e. The van der Waals surface area contributed by atoms with E-state index < -0.39 is 18.0 Å². The number of aliphatic carboxylic acids is 1. The molecule has 0 saturated heterocycles. The van der Waals surface area contributed by atoms with Crippen LogP contribution in [0.25, 0.3) is 0 Å². The van der Waals surface area contributed by atoms with Crippen LogP contribution in [0.2, 0.25) is 0 Å². The van der Waals surface area contributed by atoms with Gasteiger partial charge in [0, 0.05) is 20.1 Å². The Kier molecular flexibility index (Phi) is 7.50. The molecule has 0 aliphatic heterocycles. The van der Waals surface area contributed by atoms with Gasteiger partial charge in [-0.1, -0.05) is 31.7 Å². The zero-order valence-electron chi connectivity index (χ0n) is 10.9. The van der Waals surface area contributed by atoms with Gasteiger partial charge in [0.2, 0.25) is 0 Å². The number of hydrogen-bond donors (Lipinski definition) is 1. The number of carbonyl (C=O) groups is 1. The van der Waals surface area contributed by atoms with Crippen LogP contribution in [0.1, 0.15) is 13.8 Å². The second-order valence-electron chi connectivity index (χ2n) is 4.01. The second-order valence-corrected chi connectivity index (χ2v) is 4.01. The third kappa shape index (κ3) is 4.71. The van der Waals surface area contributed by atoms with E-state index >= 15 is 0 Å². The SMILES string of the molecule is C=C/C=C/[C@H](OC)[C@H](C)[C@@H](OC)[C@@H](C)C(=O)O. The highest BCUT2D eigenvalue weighted by Crippen LogP contribution is 2.22. The zero-order valence-corrected chi connectivity index (χ0v) is 10.9. The Hall–Kier alpha value is -1.13. The lowest BCUT2D eigenvalue weighted by Crippen LogP contribution is -2.38. The lowest BCUT2D eigenvalue weighted by Gasteiger charge is -2.30. The highest BCUT2D eigenvalue weighted by Gasteiger charge is 2.32. The number of carboxylic acids is 1. The van der Waals surface area contributed by atoms with Crippen molar-refractivity contribution in [1.82, 2.24) is 0 Å². The van der Waals surface area contributed by atoms with Crippen LogP contribution in [0, 0.1) is 11.8 Å². The second kappa shape index (κ2) is 8.03. The Morgan fingerprint density at radius 3 is 2.24 bits per heavy atom. The Morgan fingerprint density at radius 1 is 1.29 bits per heavy atom. The molecule has 0 rings (SSSR count). The molecule has 0 aromatic rings. The van der Waals surface area contributed by atoms with Crippen molar-refractivity contribution in [2.24, 2.45) is 11.8 Å². The fourth-order valence-corrected chi connectivity index (χ4v) is 1.86. The summed E-state index contributed by atoms with van der Waals surface area (Å²) in [6.45, 7) is 7.13. The van der Waals surface area contributed by atoms with Gasteiger partial charge >= 0.3 is 5.97 Å². The molecule has 17 heavy (non-hydrogen) atoms. The maximum atomic E-state index is 11.0. The summed E-state index contributed by atoms with van der Waals surface area (Å²) in [6.07, 6.45) is 4.69. The number of rotatable bonds is 8. The summed E-state index contributed by atoms with van der Waals surface area (Å²) in [6, 6.07) is 0. The van der Waals surface area contributed by atoms with Gasteiger partial charge in [0.25, 0.3) is 0 Å². The Balaban J connectivity index is 4.80. The first kappa shape index (κ1) is 15.9. The normalized spacial score (nSPS) is 18.6. The lowest BCUT2D eigenvalue weighted by molar-refractivity contribution is -0.148. The van der Waals surface area contributed by atoms with Crippen molar-refractivity contribution in [1.29, 1.82) is 0 Å². The smallest absolute Gasteiger partial charge is 0.308 e. The van der Waals surface area contributed by atoms with Gasteiger partial charge in [0.05, 0.1) is 18.1 Å². The molecule has 0 spiro atoms. The van der Waals surface area contributed by atoms with Gasteiger partial charge in [-0.25, -0.2) is 0 Å². The van der Waals surface area contributed by atoms with E-state index in [0.29, 0.717) is 0 Å². The molecule has 4 atom stereocenters. The molecule has 0 unspecified atom stereocenters. The molecule has 0 amide bonds. The summed E-state index contributed by atoms with van der Waals surface area (Å²) < 4.78 is 10.6. The first-order valence-corrected chi connectivity index (χ1v) is 5.57. The van der Waals surface area contributed by atoms with E-state index in [4.69, 9.17) is 14.6 Å². The molecular formula is C13H22O4. The average molecular weight is 242 g/mol. The summed E-state index contributed by atoms with van der Waals surface area (Å²) in [7, 11) is 3.11. The van der Waals surface area contributed by atoms with Gasteiger partial charge in [0.15, 0.2) is 0 Å². The quantitative estimate of drug-likeness (QED) is 0.662. The predicted octanol–water partition coefficient (Wildman–Crippen LogP) is 2.12. The van der Waals surface area contributed by atoms with E-state index in [9.17, 15) is 4.79 Å². The van der Waals surface area contributed by atoms with Crippen molar-refractivity contribution in [2.45, 2.75) is 26.1 Å². The molecule has 0 heterocycles. The average Bonchev–Trinajstić information content (AvgIpc) is 2.30. The van der Waals surface area contributed by atoms with Crippen LogP contribution in [0.15, 0.2) is 24.8 Å². The van der Waals surface area contributed by atoms with Gasteiger partial charge in [0.1, 0.15) is 0 Å². The number of allylic oxidation sites excluding steroid dienone is 2. The van der Waals surface area contributed by atoms with Gasteiger partial charge < -0.3 is 14.6 Å². The number of ether oxygens (including phenoxy) is 2. The molecule has 4 heteroatoms. The molecule has 98 valence electrons. The van der Waals surface area contributed by atoms with E-state index in [1.807, 2.05) is 13.0 Å². The molecule has 0 aromatic heterocycles. The topological polar surface area (TPSA) is 55.8 Å². The molecule has 4 nitrogen and oxygen atoms in total. The minimum Gasteiger partial charge on any atom is -0.481 e.